The summed E-state index contributed by atoms with van der Waals surface area (Å²) in [4.78, 5) is 57.8. The average Bonchev–Trinajstić information content (AvgIpc) is 3.21. The fourth-order valence-electron chi connectivity index (χ4n) is 9.09. The van der Waals surface area contributed by atoms with Gasteiger partial charge in [-0.25, -0.2) is 9.59 Å². The van der Waals surface area contributed by atoms with Crippen LogP contribution in [0.15, 0.2) is 84.9 Å². The van der Waals surface area contributed by atoms with Crippen LogP contribution in [0.2, 0.25) is 0 Å². The number of amides is 2. The molecule has 304 valence electrons. The van der Waals surface area contributed by atoms with Crippen molar-refractivity contribution in [1.82, 2.24) is 4.90 Å². The van der Waals surface area contributed by atoms with Crippen molar-refractivity contribution >= 4 is 66.8 Å². The molecule has 8 heteroatoms. The molecule has 7 aromatic rings. The normalized spacial score (nSPS) is 14.8. The molecule has 2 aliphatic rings. The van der Waals surface area contributed by atoms with Gasteiger partial charge in [-0.05, 0) is 93.6 Å². The van der Waals surface area contributed by atoms with Crippen molar-refractivity contribution in [3.05, 3.63) is 118 Å². The molecule has 1 atom stereocenters. The van der Waals surface area contributed by atoms with Gasteiger partial charge in [-0.3, -0.25) is 14.5 Å². The number of carbonyl (C=O) groups is 4. The number of ether oxygens (including phenoxy) is 3. The van der Waals surface area contributed by atoms with E-state index >= 15 is 0 Å². The minimum atomic E-state index is -0.767. The van der Waals surface area contributed by atoms with Crippen molar-refractivity contribution in [3.63, 3.8) is 0 Å². The van der Waals surface area contributed by atoms with Crippen LogP contribution in [-0.4, -0.2) is 35.2 Å². The molecule has 0 aliphatic carbocycles. The molecule has 0 fully saturated rings. The number of carbonyl (C=O) groups excluding carboxylic acids is 4. The van der Waals surface area contributed by atoms with Gasteiger partial charge in [0.25, 0.3) is 11.8 Å². The molecule has 0 radical (unpaired) electrons. The minimum Gasteiger partial charge on any atom is -0.457 e. The first-order chi connectivity index (χ1) is 28.6. The Kier molecular flexibility index (Phi) is 9.26. The van der Waals surface area contributed by atoms with Crippen LogP contribution in [0.1, 0.15) is 134 Å². The molecule has 0 N–H and O–H groups in total. The molecule has 7 aromatic carbocycles. The molecule has 0 spiro atoms. The Morgan fingerprint density at radius 1 is 0.550 bits per heavy atom. The van der Waals surface area contributed by atoms with Crippen molar-refractivity contribution in [2.75, 3.05) is 6.54 Å². The highest BCUT2D eigenvalue weighted by Gasteiger charge is 2.38. The number of hydrogen-bond acceptors (Lipinski definition) is 7. The minimum absolute atomic E-state index is 0.0778. The van der Waals surface area contributed by atoms with Gasteiger partial charge < -0.3 is 14.2 Å². The quantitative estimate of drug-likeness (QED) is 0.0446. The van der Waals surface area contributed by atoms with E-state index in [4.69, 9.17) is 14.2 Å². The first kappa shape index (κ1) is 39.2. The maximum Gasteiger partial charge on any atom is 0.346 e. The summed E-state index contributed by atoms with van der Waals surface area (Å²) < 4.78 is 18.8. The number of benzene rings is 7. The van der Waals surface area contributed by atoms with E-state index in [1.165, 1.54) is 4.90 Å². The van der Waals surface area contributed by atoms with Gasteiger partial charge in [0.1, 0.15) is 23.0 Å². The van der Waals surface area contributed by atoms with Gasteiger partial charge in [0, 0.05) is 44.4 Å². The Morgan fingerprint density at radius 3 is 1.52 bits per heavy atom. The van der Waals surface area contributed by atoms with E-state index < -0.39 is 11.9 Å². The fraction of sp³-hybridized carbons (Fsp3) is 0.308. The summed E-state index contributed by atoms with van der Waals surface area (Å²) in [7, 11) is 0. The maximum absolute atomic E-state index is 14.8. The van der Waals surface area contributed by atoms with E-state index in [-0.39, 0.29) is 39.7 Å². The van der Waals surface area contributed by atoms with Gasteiger partial charge in [-0.2, -0.15) is 0 Å². The molecular weight excluding hydrogens is 751 g/mol. The molecule has 2 heterocycles. The van der Waals surface area contributed by atoms with Crippen LogP contribution in [0.4, 0.5) is 0 Å². The largest absolute Gasteiger partial charge is 0.457 e. The number of cyclic esters (lactones) is 2. The lowest BCUT2D eigenvalue weighted by molar-refractivity contribution is 0.0389. The molecule has 9 rings (SSSR count). The molecule has 8 nitrogen and oxygen atoms in total. The van der Waals surface area contributed by atoms with Crippen LogP contribution in [-0.2, 0) is 15.6 Å². The van der Waals surface area contributed by atoms with E-state index in [1.807, 2.05) is 60.7 Å². The second kappa shape index (κ2) is 14.2. The van der Waals surface area contributed by atoms with Gasteiger partial charge in [0.2, 0.25) is 0 Å². The summed E-state index contributed by atoms with van der Waals surface area (Å²) in [6.45, 7) is 17.5. The Hall–Kier alpha value is -6.28. The van der Waals surface area contributed by atoms with Crippen LogP contribution in [0.5, 0.6) is 23.0 Å². The highest BCUT2D eigenvalue weighted by molar-refractivity contribution is 6.42. The Morgan fingerprint density at radius 2 is 1.02 bits per heavy atom. The zero-order valence-electron chi connectivity index (χ0n) is 35.5. The highest BCUT2D eigenvalue weighted by atomic mass is 16.6. The summed E-state index contributed by atoms with van der Waals surface area (Å²) in [5.74, 6) is -0.118. The average molecular weight is 800 g/mol. The number of rotatable bonds is 10. The number of esters is 2. The number of unbranched alkanes of at least 4 members (excludes halogenated alkanes) is 1. The third kappa shape index (κ3) is 6.27. The monoisotopic (exact) mass is 799 g/mol. The highest BCUT2D eigenvalue weighted by Crippen LogP contribution is 2.53. The first-order valence-electron chi connectivity index (χ1n) is 21.1. The summed E-state index contributed by atoms with van der Waals surface area (Å²) in [6.07, 6.45) is 3.82. The SMILES string of the molecule is CCCCC(CC)CN1C(=O)c2ccc3c4c(Oc5ccc(C(C)(C)C)cc5)cc5c6c(ccc(c7c(Oc8ccc(C(C)(C)C)cc8)cc(c2c37)C1=O)c64)C(=O)OC5=O. The number of fused-ring (bicyclic) bond motifs is 2. The third-order valence-corrected chi connectivity index (χ3v) is 12.5. The van der Waals surface area contributed by atoms with Crippen LogP contribution in [0.3, 0.4) is 0 Å². The predicted molar refractivity (Wildman–Crippen MR) is 237 cm³/mol. The lowest BCUT2D eigenvalue weighted by atomic mass is 9.82. The fourth-order valence-corrected chi connectivity index (χ4v) is 9.09. The van der Waals surface area contributed by atoms with E-state index in [0.29, 0.717) is 83.8 Å². The van der Waals surface area contributed by atoms with Crippen LogP contribution in [0, 0.1) is 5.92 Å². The second-order valence-electron chi connectivity index (χ2n) is 18.5. The van der Waals surface area contributed by atoms with Crippen molar-refractivity contribution in [2.24, 2.45) is 5.92 Å². The molecule has 2 amide bonds. The van der Waals surface area contributed by atoms with Gasteiger partial charge in [0.05, 0.1) is 16.7 Å². The Bertz CT molecular complexity index is 2930. The first-order valence-corrected chi connectivity index (χ1v) is 21.1. The lowest BCUT2D eigenvalue weighted by Crippen LogP contribution is -2.43. The van der Waals surface area contributed by atoms with E-state index in [1.54, 1.807) is 24.3 Å². The summed E-state index contributed by atoms with van der Waals surface area (Å²) in [5.41, 5.74) is 3.39. The third-order valence-electron chi connectivity index (χ3n) is 12.5. The van der Waals surface area contributed by atoms with Crippen molar-refractivity contribution in [2.45, 2.75) is 91.9 Å². The summed E-state index contributed by atoms with van der Waals surface area (Å²) in [6, 6.07) is 26.4. The second-order valence-corrected chi connectivity index (χ2v) is 18.5. The van der Waals surface area contributed by atoms with Gasteiger partial charge in [-0.15, -0.1) is 0 Å². The summed E-state index contributed by atoms with van der Waals surface area (Å²) in [5, 5.41) is 4.93. The van der Waals surface area contributed by atoms with Crippen LogP contribution in [0.25, 0.3) is 43.1 Å². The predicted octanol–water partition coefficient (Wildman–Crippen LogP) is 13.0. The van der Waals surface area contributed by atoms with Gasteiger partial charge >= 0.3 is 11.9 Å². The van der Waals surface area contributed by atoms with E-state index in [9.17, 15) is 19.2 Å². The maximum atomic E-state index is 14.8. The molecular formula is C52H49NO7. The molecule has 0 saturated carbocycles. The van der Waals surface area contributed by atoms with Gasteiger partial charge in [-0.1, -0.05) is 111 Å². The molecule has 0 bridgehead atoms. The molecule has 0 aromatic heterocycles. The number of imide groups is 1. The van der Waals surface area contributed by atoms with E-state index in [2.05, 4.69) is 55.4 Å². The zero-order valence-corrected chi connectivity index (χ0v) is 35.5. The van der Waals surface area contributed by atoms with Crippen molar-refractivity contribution < 1.29 is 33.4 Å². The van der Waals surface area contributed by atoms with Crippen molar-refractivity contribution in [1.29, 1.82) is 0 Å². The van der Waals surface area contributed by atoms with Crippen molar-refractivity contribution in [3.8, 4) is 23.0 Å². The standard InChI is InChI=1S/C52H49NO7/c1-9-11-12-28(10-2)27-53-47(54)35-23-21-33-44-40(59-32-19-15-30(16-20-32)52(6,7)8)26-38-42-36(49(56)60-50(38)57)24-22-34(46(42)44)43-39(25-37(48(53)55)41(35)45(33)43)58-31-17-13-29(14-18-31)51(3,4)5/h13-26,28H,9-12,27H2,1-8H3. The number of nitrogens with zero attached hydrogens (tertiary/aromatic N) is 1. The summed E-state index contributed by atoms with van der Waals surface area (Å²) >= 11 is 0. The smallest absolute Gasteiger partial charge is 0.346 e. The van der Waals surface area contributed by atoms with Gasteiger partial charge in [0.15, 0.2) is 0 Å². The Balaban J connectivity index is 1.36. The molecule has 1 unspecified atom stereocenters. The van der Waals surface area contributed by atoms with Crippen LogP contribution < -0.4 is 9.47 Å². The number of hydrogen-bond donors (Lipinski definition) is 0. The zero-order chi connectivity index (χ0) is 42.4. The molecule has 60 heavy (non-hydrogen) atoms. The lowest BCUT2D eigenvalue weighted by Gasteiger charge is -2.32. The topological polar surface area (TPSA) is 99.2 Å². The van der Waals surface area contributed by atoms with E-state index in [0.717, 1.165) is 36.8 Å². The molecule has 0 saturated heterocycles. The molecule has 2 aliphatic heterocycles. The Labute approximate surface area is 349 Å². The van der Waals surface area contributed by atoms with Crippen LogP contribution >= 0.6 is 0 Å².